The molecule has 1 saturated heterocycles. The second-order valence-corrected chi connectivity index (χ2v) is 5.64. The average molecular weight is 291 g/mol. The van der Waals surface area contributed by atoms with Crippen molar-refractivity contribution in [1.82, 2.24) is 0 Å². The summed E-state index contributed by atoms with van der Waals surface area (Å²) in [5.74, 6) is 0.955. The molecule has 1 aromatic rings. The third kappa shape index (κ3) is 4.03. The second kappa shape index (κ2) is 7.20. The highest BCUT2D eigenvalue weighted by Crippen LogP contribution is 2.34. The summed E-state index contributed by atoms with van der Waals surface area (Å²) in [5, 5.41) is 0. The van der Waals surface area contributed by atoms with Crippen LogP contribution in [0, 0.1) is 5.92 Å². The molecule has 5 heteroatoms. The van der Waals surface area contributed by atoms with Gasteiger partial charge in [0.25, 0.3) is 0 Å². The van der Waals surface area contributed by atoms with Gasteiger partial charge in [0, 0.05) is 19.5 Å². The van der Waals surface area contributed by atoms with Crippen molar-refractivity contribution in [3.05, 3.63) is 18.2 Å². The van der Waals surface area contributed by atoms with Gasteiger partial charge in [0.1, 0.15) is 5.75 Å². The van der Waals surface area contributed by atoms with Gasteiger partial charge in [0.15, 0.2) is 0 Å². The summed E-state index contributed by atoms with van der Waals surface area (Å²) in [4.78, 5) is 13.3. The maximum absolute atomic E-state index is 11.0. The van der Waals surface area contributed by atoms with E-state index in [1.165, 1.54) is 0 Å². The van der Waals surface area contributed by atoms with Crippen molar-refractivity contribution in [1.29, 1.82) is 0 Å². The van der Waals surface area contributed by atoms with E-state index in [1.54, 1.807) is 0 Å². The third-order valence-electron chi connectivity index (χ3n) is 3.95. The van der Waals surface area contributed by atoms with Gasteiger partial charge in [0.2, 0.25) is 5.91 Å². The predicted octanol–water partition coefficient (Wildman–Crippen LogP) is 2.15. The molecule has 0 aromatic heterocycles. The number of primary amides is 1. The van der Waals surface area contributed by atoms with E-state index in [-0.39, 0.29) is 5.91 Å². The topological polar surface area (TPSA) is 81.6 Å². The molecule has 0 unspecified atom stereocenters. The lowest BCUT2D eigenvalue weighted by Gasteiger charge is -2.34. The van der Waals surface area contributed by atoms with Gasteiger partial charge >= 0.3 is 0 Å². The molecular weight excluding hydrogens is 266 g/mol. The fourth-order valence-corrected chi connectivity index (χ4v) is 2.81. The molecule has 0 spiro atoms. The van der Waals surface area contributed by atoms with E-state index in [2.05, 4.69) is 11.8 Å². The number of hydrogen-bond donors (Lipinski definition) is 2. The molecule has 4 N–H and O–H groups in total. The number of nitrogens with zero attached hydrogens (tertiary/aromatic N) is 1. The van der Waals surface area contributed by atoms with Crippen molar-refractivity contribution >= 4 is 17.3 Å². The summed E-state index contributed by atoms with van der Waals surface area (Å²) in [6.07, 6.45) is 3.40. The molecule has 1 aromatic carbocycles. The van der Waals surface area contributed by atoms with Crippen LogP contribution in [0.25, 0.3) is 0 Å². The van der Waals surface area contributed by atoms with E-state index in [9.17, 15) is 4.79 Å². The lowest BCUT2D eigenvalue weighted by molar-refractivity contribution is -0.119. The van der Waals surface area contributed by atoms with Crippen LogP contribution in [0.3, 0.4) is 0 Å². The number of para-hydroxylation sites is 1. The van der Waals surface area contributed by atoms with Crippen molar-refractivity contribution in [3.63, 3.8) is 0 Å². The Kier molecular flexibility index (Phi) is 5.31. The zero-order valence-corrected chi connectivity index (χ0v) is 12.7. The molecule has 2 rings (SSSR count). The predicted molar refractivity (Wildman–Crippen MR) is 85.4 cm³/mol. The molecular formula is C16H25N3O2. The van der Waals surface area contributed by atoms with Crippen LogP contribution in [0.15, 0.2) is 18.2 Å². The van der Waals surface area contributed by atoms with Crippen LogP contribution in [0.4, 0.5) is 11.4 Å². The highest BCUT2D eigenvalue weighted by molar-refractivity contribution is 5.75. The van der Waals surface area contributed by atoms with Crippen LogP contribution in [0.5, 0.6) is 5.75 Å². The SMILES string of the molecule is CCCOc1cccc(N2CCC(CC(N)=O)CC2)c1N. The van der Waals surface area contributed by atoms with Gasteiger partial charge in [-0.25, -0.2) is 0 Å². The van der Waals surface area contributed by atoms with Gasteiger partial charge < -0.3 is 21.1 Å². The quantitative estimate of drug-likeness (QED) is 0.787. The van der Waals surface area contributed by atoms with Crippen LogP contribution >= 0.6 is 0 Å². The largest absolute Gasteiger partial charge is 0.491 e. The molecule has 5 nitrogen and oxygen atoms in total. The minimum absolute atomic E-state index is 0.206. The highest BCUT2D eigenvalue weighted by Gasteiger charge is 2.22. The summed E-state index contributed by atoms with van der Waals surface area (Å²) in [6.45, 7) is 4.55. The maximum atomic E-state index is 11.0. The molecule has 0 radical (unpaired) electrons. The molecule has 0 bridgehead atoms. The number of amides is 1. The Balaban J connectivity index is 2.01. The Morgan fingerprint density at radius 3 is 2.71 bits per heavy atom. The van der Waals surface area contributed by atoms with E-state index in [0.717, 1.165) is 43.8 Å². The van der Waals surface area contributed by atoms with Gasteiger partial charge in [-0.1, -0.05) is 13.0 Å². The zero-order valence-electron chi connectivity index (χ0n) is 12.7. The van der Waals surface area contributed by atoms with Gasteiger partial charge in [-0.3, -0.25) is 4.79 Å². The average Bonchev–Trinajstić information content (AvgIpc) is 2.47. The van der Waals surface area contributed by atoms with E-state index < -0.39 is 0 Å². The Hall–Kier alpha value is -1.91. The monoisotopic (exact) mass is 291 g/mol. The van der Waals surface area contributed by atoms with E-state index >= 15 is 0 Å². The molecule has 1 aliphatic heterocycles. The molecule has 21 heavy (non-hydrogen) atoms. The van der Waals surface area contributed by atoms with Gasteiger partial charge in [-0.05, 0) is 37.3 Å². The number of anilines is 2. The number of nitrogens with two attached hydrogens (primary N) is 2. The molecule has 116 valence electrons. The summed E-state index contributed by atoms with van der Waals surface area (Å²) in [5.41, 5.74) is 13.2. The number of carbonyl (C=O) groups excluding carboxylic acids is 1. The lowest BCUT2D eigenvalue weighted by atomic mass is 9.93. The summed E-state index contributed by atoms with van der Waals surface area (Å²) < 4.78 is 5.68. The summed E-state index contributed by atoms with van der Waals surface area (Å²) in [7, 11) is 0. The highest BCUT2D eigenvalue weighted by atomic mass is 16.5. The number of carbonyl (C=O) groups is 1. The smallest absolute Gasteiger partial charge is 0.217 e. The van der Waals surface area contributed by atoms with Crippen molar-refractivity contribution in [2.45, 2.75) is 32.6 Å². The number of hydrogen-bond acceptors (Lipinski definition) is 4. The normalized spacial score (nSPS) is 16.0. The first-order valence-electron chi connectivity index (χ1n) is 7.66. The molecule has 0 saturated carbocycles. The zero-order chi connectivity index (χ0) is 15.2. The Morgan fingerprint density at radius 1 is 1.38 bits per heavy atom. The number of piperidine rings is 1. The number of benzene rings is 1. The molecule has 1 aliphatic rings. The minimum atomic E-state index is -0.206. The first kappa shape index (κ1) is 15.5. The Labute approximate surface area is 126 Å². The Bertz CT molecular complexity index is 482. The fourth-order valence-electron chi connectivity index (χ4n) is 2.81. The van der Waals surface area contributed by atoms with Crippen LogP contribution < -0.4 is 21.1 Å². The van der Waals surface area contributed by atoms with Gasteiger partial charge in [0.05, 0.1) is 18.0 Å². The fraction of sp³-hybridized carbons (Fsp3) is 0.562. The first-order chi connectivity index (χ1) is 10.1. The third-order valence-corrected chi connectivity index (χ3v) is 3.95. The van der Waals surface area contributed by atoms with Gasteiger partial charge in [-0.15, -0.1) is 0 Å². The molecule has 1 fully saturated rings. The number of ether oxygens (including phenoxy) is 1. The molecule has 0 atom stereocenters. The van der Waals surface area contributed by atoms with Crippen LogP contribution in [0.1, 0.15) is 32.6 Å². The van der Waals surface area contributed by atoms with E-state index in [4.69, 9.17) is 16.2 Å². The van der Waals surface area contributed by atoms with E-state index in [1.807, 2.05) is 18.2 Å². The van der Waals surface area contributed by atoms with Gasteiger partial charge in [-0.2, -0.15) is 0 Å². The molecule has 1 heterocycles. The lowest BCUT2D eigenvalue weighted by Crippen LogP contribution is -2.35. The summed E-state index contributed by atoms with van der Waals surface area (Å²) >= 11 is 0. The van der Waals surface area contributed by atoms with Crippen molar-refractivity contribution in [2.75, 3.05) is 30.3 Å². The number of rotatable bonds is 6. The van der Waals surface area contributed by atoms with E-state index in [0.29, 0.717) is 24.6 Å². The first-order valence-corrected chi connectivity index (χ1v) is 7.66. The van der Waals surface area contributed by atoms with Crippen LogP contribution in [0.2, 0.25) is 0 Å². The van der Waals surface area contributed by atoms with Crippen molar-refractivity contribution < 1.29 is 9.53 Å². The Morgan fingerprint density at radius 2 is 2.10 bits per heavy atom. The van der Waals surface area contributed by atoms with Crippen LogP contribution in [-0.4, -0.2) is 25.6 Å². The number of nitrogen functional groups attached to an aromatic ring is 1. The summed E-state index contributed by atoms with van der Waals surface area (Å²) in [6, 6.07) is 5.92. The molecule has 1 amide bonds. The second-order valence-electron chi connectivity index (χ2n) is 5.64. The minimum Gasteiger partial charge on any atom is -0.491 e. The van der Waals surface area contributed by atoms with Crippen LogP contribution in [-0.2, 0) is 4.79 Å². The maximum Gasteiger partial charge on any atom is 0.217 e. The van der Waals surface area contributed by atoms with Crippen molar-refractivity contribution in [2.24, 2.45) is 11.7 Å². The van der Waals surface area contributed by atoms with Crippen molar-refractivity contribution in [3.8, 4) is 5.75 Å². The standard InChI is InChI=1S/C16H25N3O2/c1-2-10-21-14-5-3-4-13(16(14)18)19-8-6-12(7-9-19)11-15(17)20/h3-5,12H,2,6-11,18H2,1H3,(H2,17,20). The molecule has 0 aliphatic carbocycles.